The zero-order chi connectivity index (χ0) is 32.0. The zero-order valence-electron chi connectivity index (χ0n) is 27.5. The molecule has 1 saturated heterocycles. The second-order valence-corrected chi connectivity index (χ2v) is 14.1. The lowest BCUT2D eigenvalue weighted by Gasteiger charge is -2.32. The standard InChI is InChI=1S/C44H40N4/c45-27-33-12-3-2-10-29(33)24-31-16-17-37-38(44(31)42-26-41-39(28-46-42)35-14-6-7-15-40(35)47-41)19-18-36-34-13-5-4-11-30(34)25-32(43(36)37)20-23-48-21-8-1-9-22-48/h2-7,10-15,18-19,25-26,31-32H,1,8-9,16-17,20-24,28H2. The maximum atomic E-state index is 9.98. The Kier molecular flexibility index (Phi) is 7.51. The van der Waals surface area contributed by atoms with Crippen LogP contribution in [-0.4, -0.2) is 36.8 Å². The maximum Gasteiger partial charge on any atom is 0.0994 e. The van der Waals surface area contributed by atoms with Crippen molar-refractivity contribution in [1.82, 2.24) is 4.90 Å². The first kappa shape index (κ1) is 29.3. The summed E-state index contributed by atoms with van der Waals surface area (Å²) in [5.41, 5.74) is 9.62. The first-order valence-electron chi connectivity index (χ1n) is 17.9. The van der Waals surface area contributed by atoms with Gasteiger partial charge in [-0.15, -0.1) is 0 Å². The number of piperidine rings is 1. The Hall–Kier alpha value is -4.85. The molecule has 1 fully saturated rings. The van der Waals surface area contributed by atoms with E-state index < -0.39 is 0 Å². The second kappa shape index (κ2) is 12.3. The lowest BCUT2D eigenvalue weighted by molar-refractivity contribution is 0.224. The molecule has 0 saturated carbocycles. The fourth-order valence-corrected chi connectivity index (χ4v) is 9.02. The van der Waals surface area contributed by atoms with E-state index in [2.05, 4.69) is 95.9 Å². The molecule has 4 aromatic carbocycles. The SMILES string of the molecule is N#Cc1ccccc1CC1CCc2c3c(ccc2=C1C1=NCC2=c4ccccc4=NC2=C1)=c1ccccc1=CC3CCN1CCCCC1. The smallest absolute Gasteiger partial charge is 0.0994 e. The van der Waals surface area contributed by atoms with Gasteiger partial charge in [0.15, 0.2) is 0 Å². The molecular weight excluding hydrogens is 585 g/mol. The Morgan fingerprint density at radius 3 is 2.50 bits per heavy atom. The number of fused-ring (bicyclic) bond motifs is 6. The van der Waals surface area contributed by atoms with Crippen molar-refractivity contribution in [2.45, 2.75) is 50.9 Å². The minimum atomic E-state index is 0.262. The topological polar surface area (TPSA) is 51.8 Å². The van der Waals surface area contributed by atoms with Gasteiger partial charge in [-0.2, -0.15) is 5.26 Å². The van der Waals surface area contributed by atoms with Crippen molar-refractivity contribution in [1.29, 1.82) is 5.26 Å². The third-order valence-electron chi connectivity index (χ3n) is 11.3. The van der Waals surface area contributed by atoms with Crippen molar-refractivity contribution in [2.24, 2.45) is 15.9 Å². The summed E-state index contributed by atoms with van der Waals surface area (Å²) in [6.45, 7) is 4.26. The van der Waals surface area contributed by atoms with Gasteiger partial charge in [0.2, 0.25) is 0 Å². The van der Waals surface area contributed by atoms with E-state index >= 15 is 0 Å². The van der Waals surface area contributed by atoms with Gasteiger partial charge in [-0.1, -0.05) is 85.3 Å². The molecule has 5 aliphatic rings. The van der Waals surface area contributed by atoms with Gasteiger partial charge >= 0.3 is 0 Å². The summed E-state index contributed by atoms with van der Waals surface area (Å²) in [6, 6.07) is 32.8. The van der Waals surface area contributed by atoms with E-state index in [9.17, 15) is 5.26 Å². The molecule has 0 amide bonds. The third-order valence-corrected chi connectivity index (χ3v) is 11.3. The minimum absolute atomic E-state index is 0.262. The van der Waals surface area contributed by atoms with Crippen molar-refractivity contribution >= 4 is 22.9 Å². The monoisotopic (exact) mass is 624 g/mol. The summed E-state index contributed by atoms with van der Waals surface area (Å²) in [5.74, 6) is 0.646. The number of para-hydroxylation sites is 1. The summed E-state index contributed by atoms with van der Waals surface area (Å²) < 4.78 is 0. The summed E-state index contributed by atoms with van der Waals surface area (Å²) in [5, 5.41) is 17.7. The van der Waals surface area contributed by atoms with E-state index in [0.717, 1.165) is 60.1 Å². The van der Waals surface area contributed by atoms with Crippen LogP contribution in [0.5, 0.6) is 0 Å². The fraction of sp³-hybridized carbons (Fsp3) is 0.295. The van der Waals surface area contributed by atoms with Gasteiger partial charge < -0.3 is 4.90 Å². The Labute approximate surface area is 281 Å². The van der Waals surface area contributed by atoms with E-state index in [1.807, 2.05) is 12.1 Å². The van der Waals surface area contributed by atoms with Crippen molar-refractivity contribution in [2.75, 3.05) is 26.2 Å². The van der Waals surface area contributed by atoms with Crippen LogP contribution in [0, 0.1) is 27.7 Å². The number of rotatable bonds is 6. The molecule has 0 aromatic heterocycles. The zero-order valence-corrected chi connectivity index (χ0v) is 27.5. The van der Waals surface area contributed by atoms with Gasteiger partial charge in [0.1, 0.15) is 0 Å². The molecule has 4 heteroatoms. The molecule has 4 aromatic rings. The largest absolute Gasteiger partial charge is 0.303 e. The number of likely N-dealkylation sites (tertiary alicyclic amines) is 1. The predicted octanol–water partition coefficient (Wildman–Crippen LogP) is 5.38. The molecular formula is C44H40N4. The summed E-state index contributed by atoms with van der Waals surface area (Å²) >= 11 is 0. The van der Waals surface area contributed by atoms with Crippen LogP contribution in [0.4, 0.5) is 0 Å². The molecule has 4 nitrogen and oxygen atoms in total. The van der Waals surface area contributed by atoms with Crippen LogP contribution in [0.3, 0.4) is 0 Å². The van der Waals surface area contributed by atoms with Crippen molar-refractivity contribution in [3.63, 3.8) is 0 Å². The molecule has 9 rings (SSSR count). The van der Waals surface area contributed by atoms with Crippen LogP contribution in [-0.2, 0) is 12.8 Å². The molecule has 3 aliphatic heterocycles. The Balaban J connectivity index is 1.23. The maximum absolute atomic E-state index is 9.98. The molecule has 0 N–H and O–H groups in total. The van der Waals surface area contributed by atoms with Gasteiger partial charge in [0.25, 0.3) is 0 Å². The van der Waals surface area contributed by atoms with Crippen LogP contribution < -0.4 is 21.0 Å². The minimum Gasteiger partial charge on any atom is -0.303 e. The van der Waals surface area contributed by atoms with Crippen LogP contribution in [0.1, 0.15) is 60.3 Å². The van der Waals surface area contributed by atoms with Crippen molar-refractivity contribution < 1.29 is 0 Å². The molecule has 0 bridgehead atoms. The summed E-state index contributed by atoms with van der Waals surface area (Å²) in [6.07, 6.45) is 12.9. The Morgan fingerprint density at radius 2 is 1.60 bits per heavy atom. The van der Waals surface area contributed by atoms with Gasteiger partial charge in [-0.05, 0) is 125 Å². The third kappa shape index (κ3) is 5.09. The van der Waals surface area contributed by atoms with Crippen LogP contribution >= 0.6 is 0 Å². The number of nitriles is 1. The summed E-state index contributed by atoms with van der Waals surface area (Å²) in [7, 11) is 0. The highest BCUT2D eigenvalue weighted by Gasteiger charge is 2.31. The highest BCUT2D eigenvalue weighted by molar-refractivity contribution is 6.27. The molecule has 0 radical (unpaired) electrons. The highest BCUT2D eigenvalue weighted by atomic mass is 15.1. The molecule has 48 heavy (non-hydrogen) atoms. The highest BCUT2D eigenvalue weighted by Crippen LogP contribution is 2.36. The fourth-order valence-electron chi connectivity index (χ4n) is 9.02. The molecule has 3 heterocycles. The number of benzene rings is 4. The van der Waals surface area contributed by atoms with E-state index in [0.29, 0.717) is 12.5 Å². The van der Waals surface area contributed by atoms with E-state index in [1.165, 1.54) is 80.7 Å². The quantitative estimate of drug-likeness (QED) is 0.290. The van der Waals surface area contributed by atoms with Crippen molar-refractivity contribution in [3.8, 4) is 6.07 Å². The lowest BCUT2D eigenvalue weighted by Crippen LogP contribution is -2.34. The van der Waals surface area contributed by atoms with Gasteiger partial charge in [-0.25, -0.2) is 4.99 Å². The normalized spacial score (nSPS) is 20.9. The molecule has 2 aliphatic carbocycles. The second-order valence-electron chi connectivity index (χ2n) is 14.1. The number of hydrogen-bond donors (Lipinski definition) is 0. The Bertz CT molecular complexity index is 2420. The van der Waals surface area contributed by atoms with E-state index in [4.69, 9.17) is 9.98 Å². The van der Waals surface area contributed by atoms with Crippen molar-refractivity contribution in [3.05, 3.63) is 150 Å². The average molecular weight is 625 g/mol. The molecule has 2 atom stereocenters. The first-order chi connectivity index (χ1) is 23.7. The van der Waals surface area contributed by atoms with E-state index in [1.54, 1.807) is 0 Å². The molecule has 0 spiro atoms. The lowest BCUT2D eigenvalue weighted by atomic mass is 9.74. The van der Waals surface area contributed by atoms with E-state index in [-0.39, 0.29) is 5.92 Å². The number of nitrogens with zero attached hydrogens (tertiary/aromatic N) is 4. The predicted molar refractivity (Wildman–Crippen MR) is 193 cm³/mol. The average Bonchev–Trinajstić information content (AvgIpc) is 3.52. The first-order valence-corrected chi connectivity index (χ1v) is 17.9. The van der Waals surface area contributed by atoms with Crippen LogP contribution in [0.25, 0.3) is 17.2 Å². The van der Waals surface area contributed by atoms with Crippen LogP contribution in [0.15, 0.2) is 107 Å². The van der Waals surface area contributed by atoms with Gasteiger partial charge in [0, 0.05) is 16.7 Å². The summed E-state index contributed by atoms with van der Waals surface area (Å²) in [4.78, 5) is 13.1. The number of dihydropyridines is 1. The molecule has 236 valence electrons. The van der Waals surface area contributed by atoms with Gasteiger partial charge in [-0.3, -0.25) is 4.99 Å². The number of allylic oxidation sites excluding steroid dienone is 1. The Morgan fingerprint density at radius 1 is 0.812 bits per heavy atom. The van der Waals surface area contributed by atoms with Crippen LogP contribution in [0.2, 0.25) is 0 Å². The molecule has 2 unspecified atom stereocenters. The number of aliphatic imine (C=N–C) groups is 1. The number of hydrogen-bond acceptors (Lipinski definition) is 4. The van der Waals surface area contributed by atoms with Gasteiger partial charge in [0.05, 0.1) is 34.9 Å².